The van der Waals surface area contributed by atoms with Crippen molar-refractivity contribution in [2.45, 2.75) is 44.2 Å². The van der Waals surface area contributed by atoms with Gasteiger partial charge in [-0.2, -0.15) is 5.26 Å². The number of β-amino-alcohol motifs (C(OH)–C–C–N with tert-alkyl or cyclic N) is 1. The van der Waals surface area contributed by atoms with E-state index in [0.717, 1.165) is 6.54 Å². The number of rotatable bonds is 2. The molecule has 0 bridgehead atoms. The number of carbonyl (C=O) groups is 1. The predicted octanol–water partition coefficient (Wildman–Crippen LogP) is 2.01. The second kappa shape index (κ2) is 7.78. The Balaban J connectivity index is 1.71. The number of aliphatic hydroxyl groups is 1. The zero-order valence-corrected chi connectivity index (χ0v) is 14.0. The van der Waals surface area contributed by atoms with Crippen LogP contribution >= 0.6 is 0 Å². The van der Waals surface area contributed by atoms with Gasteiger partial charge in [0.1, 0.15) is 0 Å². The Morgan fingerprint density at radius 1 is 1.12 bits per heavy atom. The lowest BCUT2D eigenvalue weighted by Gasteiger charge is -2.33. The molecule has 1 amide bonds. The first kappa shape index (κ1) is 16.9. The molecule has 3 rings (SSSR count). The highest BCUT2D eigenvalue weighted by atomic mass is 16.3. The lowest BCUT2D eigenvalue weighted by Crippen LogP contribution is -2.41. The van der Waals surface area contributed by atoms with E-state index < -0.39 is 6.10 Å². The topological polar surface area (TPSA) is 67.6 Å². The average Bonchev–Trinajstić information content (AvgIpc) is 2.83. The van der Waals surface area contributed by atoms with E-state index >= 15 is 0 Å². The first-order valence-corrected chi connectivity index (χ1v) is 8.89. The van der Waals surface area contributed by atoms with E-state index in [1.165, 1.54) is 32.1 Å². The highest BCUT2D eigenvalue weighted by molar-refractivity contribution is 5.96. The first-order chi connectivity index (χ1) is 11.7. The normalized spacial score (nSPS) is 23.5. The summed E-state index contributed by atoms with van der Waals surface area (Å²) in [5, 5.41) is 19.6. The number of hydrogen-bond donors (Lipinski definition) is 1. The minimum absolute atomic E-state index is 0.156. The van der Waals surface area contributed by atoms with E-state index in [1.807, 2.05) is 0 Å². The van der Waals surface area contributed by atoms with Crippen LogP contribution in [0, 0.1) is 11.3 Å². The molecular weight excluding hydrogens is 302 g/mol. The van der Waals surface area contributed by atoms with Crippen molar-refractivity contribution in [3.8, 4) is 6.07 Å². The number of nitrogens with zero attached hydrogens (tertiary/aromatic N) is 3. The van der Waals surface area contributed by atoms with Crippen LogP contribution in [-0.2, 0) is 0 Å². The van der Waals surface area contributed by atoms with Crippen LogP contribution in [0.5, 0.6) is 0 Å². The lowest BCUT2D eigenvalue weighted by molar-refractivity contribution is 0.0645. The molecule has 1 saturated heterocycles. The molecule has 0 unspecified atom stereocenters. The van der Waals surface area contributed by atoms with Crippen molar-refractivity contribution in [3.63, 3.8) is 0 Å². The highest BCUT2D eigenvalue weighted by Gasteiger charge is 2.30. The standard InChI is InChI=1S/C19H25N3O2/c20-12-15-6-4-5-9-18(15)19(24)22-11-10-21(13-17(23)14-22)16-7-2-1-3-8-16/h4-6,9,16-17,23H,1-3,7-8,10-11,13-14H2/t17-/m1/s1. The number of benzene rings is 1. The van der Waals surface area contributed by atoms with Crippen molar-refractivity contribution in [2.24, 2.45) is 0 Å². The quantitative estimate of drug-likeness (QED) is 0.902. The maximum absolute atomic E-state index is 12.8. The Bertz CT molecular complexity index is 619. The fourth-order valence-corrected chi connectivity index (χ4v) is 3.91. The molecule has 0 aromatic heterocycles. The summed E-state index contributed by atoms with van der Waals surface area (Å²) in [6, 6.07) is 9.51. The van der Waals surface area contributed by atoms with Gasteiger partial charge in [0.05, 0.1) is 23.3 Å². The summed E-state index contributed by atoms with van der Waals surface area (Å²) in [5.41, 5.74) is 0.823. The Labute approximate surface area is 143 Å². The van der Waals surface area contributed by atoms with E-state index in [0.29, 0.717) is 36.8 Å². The Hall–Kier alpha value is -1.90. The Kier molecular flexibility index (Phi) is 5.49. The molecule has 1 aromatic rings. The van der Waals surface area contributed by atoms with Gasteiger partial charge in [-0.1, -0.05) is 31.4 Å². The Morgan fingerprint density at radius 2 is 1.88 bits per heavy atom. The van der Waals surface area contributed by atoms with Crippen LogP contribution in [0.4, 0.5) is 0 Å². The van der Waals surface area contributed by atoms with E-state index in [4.69, 9.17) is 0 Å². The number of carbonyl (C=O) groups excluding carboxylic acids is 1. The summed E-state index contributed by atoms with van der Waals surface area (Å²) in [7, 11) is 0. The minimum atomic E-state index is -0.535. The molecule has 5 heteroatoms. The minimum Gasteiger partial charge on any atom is -0.390 e. The molecule has 1 aliphatic heterocycles. The van der Waals surface area contributed by atoms with Crippen LogP contribution in [0.1, 0.15) is 48.0 Å². The molecule has 1 heterocycles. The summed E-state index contributed by atoms with van der Waals surface area (Å²) in [5.74, 6) is -0.156. The maximum Gasteiger partial charge on any atom is 0.255 e. The molecule has 1 aliphatic carbocycles. The van der Waals surface area contributed by atoms with Crippen LogP contribution in [-0.4, -0.2) is 59.1 Å². The second-order valence-corrected chi connectivity index (χ2v) is 6.85. The molecule has 1 atom stereocenters. The lowest BCUT2D eigenvalue weighted by atomic mass is 9.94. The average molecular weight is 327 g/mol. The molecule has 24 heavy (non-hydrogen) atoms. The van der Waals surface area contributed by atoms with Crippen LogP contribution in [0.3, 0.4) is 0 Å². The highest BCUT2D eigenvalue weighted by Crippen LogP contribution is 2.24. The zero-order valence-electron chi connectivity index (χ0n) is 14.0. The second-order valence-electron chi connectivity index (χ2n) is 6.85. The summed E-state index contributed by atoms with van der Waals surface area (Å²) in [6.07, 6.45) is 5.68. The summed E-state index contributed by atoms with van der Waals surface area (Å²) >= 11 is 0. The van der Waals surface area contributed by atoms with Gasteiger partial charge in [0.15, 0.2) is 0 Å². The predicted molar refractivity (Wildman–Crippen MR) is 91.5 cm³/mol. The number of hydrogen-bond acceptors (Lipinski definition) is 4. The van der Waals surface area contributed by atoms with Crippen molar-refractivity contribution in [1.29, 1.82) is 5.26 Å². The molecule has 2 fully saturated rings. The fourth-order valence-electron chi connectivity index (χ4n) is 3.91. The fraction of sp³-hybridized carbons (Fsp3) is 0.579. The summed E-state index contributed by atoms with van der Waals surface area (Å²) < 4.78 is 0. The molecular formula is C19H25N3O2. The van der Waals surface area contributed by atoms with E-state index in [-0.39, 0.29) is 5.91 Å². The zero-order chi connectivity index (χ0) is 16.9. The van der Waals surface area contributed by atoms with Gasteiger partial charge >= 0.3 is 0 Å². The number of nitriles is 1. The van der Waals surface area contributed by atoms with E-state index in [9.17, 15) is 15.2 Å². The third-order valence-electron chi connectivity index (χ3n) is 5.19. The van der Waals surface area contributed by atoms with Gasteiger partial charge in [0.2, 0.25) is 0 Å². The van der Waals surface area contributed by atoms with Gasteiger partial charge in [-0.25, -0.2) is 0 Å². The Morgan fingerprint density at radius 3 is 2.62 bits per heavy atom. The molecule has 0 spiro atoms. The van der Waals surface area contributed by atoms with Gasteiger partial charge in [-0.05, 0) is 25.0 Å². The van der Waals surface area contributed by atoms with Gasteiger partial charge in [0.25, 0.3) is 5.91 Å². The van der Waals surface area contributed by atoms with E-state index in [1.54, 1.807) is 29.2 Å². The molecule has 5 nitrogen and oxygen atoms in total. The van der Waals surface area contributed by atoms with Crippen molar-refractivity contribution in [1.82, 2.24) is 9.80 Å². The third-order valence-corrected chi connectivity index (χ3v) is 5.19. The van der Waals surface area contributed by atoms with E-state index in [2.05, 4.69) is 11.0 Å². The molecule has 1 aromatic carbocycles. The summed E-state index contributed by atoms with van der Waals surface area (Å²) in [4.78, 5) is 16.9. The monoisotopic (exact) mass is 327 g/mol. The SMILES string of the molecule is N#Cc1ccccc1C(=O)N1CCN(C2CCCCC2)C[C@@H](O)C1. The molecule has 2 aliphatic rings. The van der Waals surface area contributed by atoms with Gasteiger partial charge in [0, 0.05) is 32.2 Å². The largest absolute Gasteiger partial charge is 0.390 e. The van der Waals surface area contributed by atoms with Crippen molar-refractivity contribution < 1.29 is 9.90 Å². The van der Waals surface area contributed by atoms with Crippen LogP contribution in [0.25, 0.3) is 0 Å². The first-order valence-electron chi connectivity index (χ1n) is 8.89. The number of amides is 1. The van der Waals surface area contributed by atoms with Crippen molar-refractivity contribution in [2.75, 3.05) is 26.2 Å². The van der Waals surface area contributed by atoms with Crippen molar-refractivity contribution in [3.05, 3.63) is 35.4 Å². The van der Waals surface area contributed by atoms with Gasteiger partial charge in [-0.15, -0.1) is 0 Å². The van der Waals surface area contributed by atoms with Crippen LogP contribution in [0.2, 0.25) is 0 Å². The molecule has 128 valence electrons. The van der Waals surface area contributed by atoms with Crippen molar-refractivity contribution >= 4 is 5.91 Å². The third kappa shape index (κ3) is 3.77. The molecule has 1 N–H and O–H groups in total. The smallest absolute Gasteiger partial charge is 0.255 e. The van der Waals surface area contributed by atoms with Crippen LogP contribution < -0.4 is 0 Å². The summed E-state index contributed by atoms with van der Waals surface area (Å²) in [6.45, 7) is 2.37. The van der Waals surface area contributed by atoms with Crippen LogP contribution in [0.15, 0.2) is 24.3 Å². The van der Waals surface area contributed by atoms with Gasteiger partial charge < -0.3 is 10.0 Å². The molecule has 0 radical (unpaired) electrons. The number of aliphatic hydroxyl groups excluding tert-OH is 1. The maximum atomic E-state index is 12.8. The van der Waals surface area contributed by atoms with Gasteiger partial charge in [-0.3, -0.25) is 9.69 Å². The molecule has 1 saturated carbocycles.